The lowest BCUT2D eigenvalue weighted by Crippen LogP contribution is -2.50. The van der Waals surface area contributed by atoms with E-state index in [-0.39, 0.29) is 11.2 Å². The Morgan fingerprint density at radius 1 is 1.17 bits per heavy atom. The molecule has 0 N–H and O–H groups in total. The topological polar surface area (TPSA) is 42.0 Å². The third-order valence-corrected chi connectivity index (χ3v) is 5.23. The van der Waals surface area contributed by atoms with E-state index in [1.807, 2.05) is 30.0 Å². The summed E-state index contributed by atoms with van der Waals surface area (Å²) in [5.41, 5.74) is 0. The Hall–Kier alpha value is -1.40. The van der Waals surface area contributed by atoms with Gasteiger partial charge in [0.2, 0.25) is 5.91 Å². The molecule has 2 rings (SSSR count). The quantitative estimate of drug-likeness (QED) is 0.745. The maximum Gasteiger partial charge on any atom is 0.235 e. The van der Waals surface area contributed by atoms with Gasteiger partial charge in [-0.15, -0.1) is 11.8 Å². The zero-order valence-electron chi connectivity index (χ0n) is 14.4. The van der Waals surface area contributed by atoms with Crippen molar-refractivity contribution >= 4 is 17.7 Å². The Morgan fingerprint density at radius 3 is 2.39 bits per heavy atom. The van der Waals surface area contributed by atoms with Crippen LogP contribution in [0.2, 0.25) is 0 Å². The summed E-state index contributed by atoms with van der Waals surface area (Å²) >= 11 is 1.56. The van der Waals surface area contributed by atoms with Crippen molar-refractivity contribution in [2.24, 2.45) is 0 Å². The minimum Gasteiger partial charge on any atom is -0.493 e. The lowest BCUT2D eigenvalue weighted by atomic mass is 10.3. The molecule has 5 nitrogen and oxygen atoms in total. The molecule has 1 amide bonds. The van der Waals surface area contributed by atoms with Crippen molar-refractivity contribution in [2.75, 3.05) is 46.9 Å². The summed E-state index contributed by atoms with van der Waals surface area (Å²) in [6.45, 7) is 8.76. The van der Waals surface area contributed by atoms with Crippen LogP contribution in [0, 0.1) is 0 Å². The first-order valence-corrected chi connectivity index (χ1v) is 8.86. The van der Waals surface area contributed by atoms with Gasteiger partial charge in [-0.3, -0.25) is 4.79 Å². The van der Waals surface area contributed by atoms with Gasteiger partial charge in [0.05, 0.1) is 19.5 Å². The van der Waals surface area contributed by atoms with Crippen LogP contribution in [0.15, 0.2) is 23.1 Å². The Bertz CT molecular complexity index is 531. The van der Waals surface area contributed by atoms with Crippen LogP contribution in [0.1, 0.15) is 13.8 Å². The number of rotatable bonds is 6. The van der Waals surface area contributed by atoms with E-state index in [9.17, 15) is 4.79 Å². The zero-order chi connectivity index (χ0) is 16.8. The molecule has 23 heavy (non-hydrogen) atoms. The monoisotopic (exact) mass is 338 g/mol. The van der Waals surface area contributed by atoms with Crippen molar-refractivity contribution in [1.29, 1.82) is 0 Å². The third-order valence-electron chi connectivity index (χ3n) is 4.15. The molecule has 1 aromatic carbocycles. The fourth-order valence-corrected chi connectivity index (χ4v) is 3.67. The molecule has 1 saturated heterocycles. The number of nitrogens with zero attached hydrogens (tertiary/aromatic N) is 2. The summed E-state index contributed by atoms with van der Waals surface area (Å²) in [5.74, 6) is 1.60. The number of piperazine rings is 1. The molecule has 0 bridgehead atoms. The van der Waals surface area contributed by atoms with Crippen molar-refractivity contribution < 1.29 is 14.3 Å². The van der Waals surface area contributed by atoms with Crippen molar-refractivity contribution in [3.63, 3.8) is 0 Å². The number of thioether (sulfide) groups is 1. The Kier molecular flexibility index (Phi) is 6.59. The minimum absolute atomic E-state index is 0.110. The first-order valence-electron chi connectivity index (χ1n) is 7.98. The van der Waals surface area contributed by atoms with Gasteiger partial charge in [-0.1, -0.05) is 6.92 Å². The van der Waals surface area contributed by atoms with E-state index in [2.05, 4.69) is 11.8 Å². The highest BCUT2D eigenvalue weighted by Gasteiger charge is 2.25. The second-order valence-corrected chi connectivity index (χ2v) is 6.95. The van der Waals surface area contributed by atoms with Crippen LogP contribution in [-0.2, 0) is 4.79 Å². The summed E-state index contributed by atoms with van der Waals surface area (Å²) < 4.78 is 10.6. The van der Waals surface area contributed by atoms with Gasteiger partial charge in [0.1, 0.15) is 0 Å². The molecule has 1 atom stereocenters. The molecule has 0 aromatic heterocycles. The number of hydrogen-bond donors (Lipinski definition) is 0. The van der Waals surface area contributed by atoms with Crippen molar-refractivity contribution in [3.05, 3.63) is 18.2 Å². The largest absolute Gasteiger partial charge is 0.493 e. The molecule has 0 saturated carbocycles. The molecule has 1 aliphatic heterocycles. The number of amides is 1. The fraction of sp³-hybridized carbons (Fsp3) is 0.588. The molecule has 1 aromatic rings. The highest BCUT2D eigenvalue weighted by molar-refractivity contribution is 8.00. The van der Waals surface area contributed by atoms with Crippen molar-refractivity contribution in [3.8, 4) is 11.5 Å². The van der Waals surface area contributed by atoms with E-state index in [1.54, 1.807) is 26.0 Å². The van der Waals surface area contributed by atoms with Crippen LogP contribution in [0.5, 0.6) is 11.5 Å². The van der Waals surface area contributed by atoms with Gasteiger partial charge in [-0.25, -0.2) is 0 Å². The SMILES string of the molecule is CCN1CCN(C(=O)C(C)Sc2ccc(OC)c(OC)c2)CC1. The molecule has 1 heterocycles. The number of carbonyl (C=O) groups is 1. The first kappa shape index (κ1) is 17.9. The molecular formula is C17H26N2O3S. The smallest absolute Gasteiger partial charge is 0.235 e. The van der Waals surface area contributed by atoms with E-state index < -0.39 is 0 Å². The lowest BCUT2D eigenvalue weighted by molar-refractivity contribution is -0.132. The van der Waals surface area contributed by atoms with E-state index in [0.29, 0.717) is 11.5 Å². The third kappa shape index (κ3) is 4.54. The molecule has 0 spiro atoms. The first-order chi connectivity index (χ1) is 11.1. The average molecular weight is 338 g/mol. The minimum atomic E-state index is -0.110. The number of ether oxygens (including phenoxy) is 2. The summed E-state index contributed by atoms with van der Waals surface area (Å²) in [5, 5.41) is -0.110. The van der Waals surface area contributed by atoms with Crippen LogP contribution in [0.4, 0.5) is 0 Å². The van der Waals surface area contributed by atoms with Crippen LogP contribution in [0.3, 0.4) is 0 Å². The van der Waals surface area contributed by atoms with Gasteiger partial charge in [0.15, 0.2) is 11.5 Å². The Labute approximate surface area is 142 Å². The number of benzene rings is 1. The molecule has 0 aliphatic carbocycles. The van der Waals surface area contributed by atoms with E-state index in [4.69, 9.17) is 9.47 Å². The lowest BCUT2D eigenvalue weighted by Gasteiger charge is -2.35. The summed E-state index contributed by atoms with van der Waals surface area (Å²) in [7, 11) is 3.24. The average Bonchev–Trinajstić information content (AvgIpc) is 2.60. The highest BCUT2D eigenvalue weighted by atomic mass is 32.2. The number of methoxy groups -OCH3 is 2. The van der Waals surface area contributed by atoms with E-state index >= 15 is 0 Å². The molecule has 128 valence electrons. The van der Waals surface area contributed by atoms with Gasteiger partial charge in [-0.05, 0) is 31.7 Å². The van der Waals surface area contributed by atoms with Crippen LogP contribution in [-0.4, -0.2) is 67.9 Å². The second-order valence-electron chi connectivity index (χ2n) is 5.54. The normalized spacial score (nSPS) is 17.0. The summed E-state index contributed by atoms with van der Waals surface area (Å²) in [6.07, 6.45) is 0. The molecule has 1 aliphatic rings. The van der Waals surface area contributed by atoms with E-state index in [1.165, 1.54) is 0 Å². The number of carbonyl (C=O) groups excluding carboxylic acids is 1. The molecule has 1 fully saturated rings. The molecule has 0 radical (unpaired) electrons. The Morgan fingerprint density at radius 2 is 1.83 bits per heavy atom. The van der Waals surface area contributed by atoms with Crippen molar-refractivity contribution in [2.45, 2.75) is 24.0 Å². The van der Waals surface area contributed by atoms with Gasteiger partial charge < -0.3 is 19.3 Å². The predicted octanol–water partition coefficient (Wildman–Crippen LogP) is 2.35. The van der Waals surface area contributed by atoms with Gasteiger partial charge in [0.25, 0.3) is 0 Å². The predicted molar refractivity (Wildman–Crippen MR) is 93.6 cm³/mol. The van der Waals surface area contributed by atoms with Crippen LogP contribution in [0.25, 0.3) is 0 Å². The number of hydrogen-bond acceptors (Lipinski definition) is 5. The molecular weight excluding hydrogens is 312 g/mol. The molecule has 6 heteroatoms. The summed E-state index contributed by atoms with van der Waals surface area (Å²) in [6, 6.07) is 5.76. The van der Waals surface area contributed by atoms with Gasteiger partial charge in [-0.2, -0.15) is 0 Å². The fourth-order valence-electron chi connectivity index (χ4n) is 2.69. The van der Waals surface area contributed by atoms with Crippen LogP contribution < -0.4 is 9.47 Å². The van der Waals surface area contributed by atoms with Gasteiger partial charge >= 0.3 is 0 Å². The highest BCUT2D eigenvalue weighted by Crippen LogP contribution is 2.33. The Balaban J connectivity index is 1.96. The maximum absolute atomic E-state index is 12.6. The maximum atomic E-state index is 12.6. The standard InChI is InChI=1S/C17H26N2O3S/c1-5-18-8-10-19(11-9-18)17(20)13(2)23-14-6-7-15(21-3)16(12-14)22-4/h6-7,12-13H,5,8-11H2,1-4H3. The summed E-state index contributed by atoms with van der Waals surface area (Å²) in [4.78, 5) is 18.0. The molecule has 1 unspecified atom stereocenters. The number of likely N-dealkylation sites (N-methyl/N-ethyl adjacent to an activating group) is 1. The van der Waals surface area contributed by atoms with E-state index in [0.717, 1.165) is 37.6 Å². The van der Waals surface area contributed by atoms with Crippen molar-refractivity contribution in [1.82, 2.24) is 9.80 Å². The second kappa shape index (κ2) is 8.45. The van der Waals surface area contributed by atoms with Crippen LogP contribution >= 0.6 is 11.8 Å². The zero-order valence-corrected chi connectivity index (χ0v) is 15.2. The van der Waals surface area contributed by atoms with Gasteiger partial charge in [0, 0.05) is 31.1 Å².